The second-order valence-electron chi connectivity index (χ2n) is 4.45. The van der Waals surface area contributed by atoms with Gasteiger partial charge in [-0.25, -0.2) is 0 Å². The average molecular weight is 215 g/mol. The number of hydrogen-bond donors (Lipinski definition) is 1. The fourth-order valence-corrected chi connectivity index (χ4v) is 2.18. The van der Waals surface area contributed by atoms with Crippen LogP contribution in [-0.4, -0.2) is 24.0 Å². The molecule has 0 saturated carbocycles. The van der Waals surface area contributed by atoms with E-state index in [1.807, 2.05) is 24.3 Å². The van der Waals surface area contributed by atoms with Crippen LogP contribution in [0.15, 0.2) is 24.3 Å². The summed E-state index contributed by atoms with van der Waals surface area (Å²) in [5.74, 6) is 0. The lowest BCUT2D eigenvalue weighted by Crippen LogP contribution is -2.42. The summed E-state index contributed by atoms with van der Waals surface area (Å²) in [6.07, 6.45) is 2.33. The van der Waals surface area contributed by atoms with Crippen LogP contribution in [0.5, 0.6) is 0 Å². The summed E-state index contributed by atoms with van der Waals surface area (Å²) in [5.41, 5.74) is 7.92. The molecule has 2 rings (SSSR count). The first-order chi connectivity index (χ1) is 7.78. The lowest BCUT2D eigenvalue weighted by molar-refractivity contribution is 0.201. The molecule has 1 aliphatic rings. The molecule has 0 radical (unpaired) electrons. The summed E-state index contributed by atoms with van der Waals surface area (Å²) >= 11 is 0. The number of rotatable bonds is 2. The molecule has 0 aromatic heterocycles. The zero-order valence-corrected chi connectivity index (χ0v) is 9.39. The molecule has 1 aliphatic heterocycles. The molecular formula is C13H17N3. The molecule has 84 valence electrons. The van der Waals surface area contributed by atoms with E-state index in [0.717, 1.165) is 31.6 Å². The first-order valence-electron chi connectivity index (χ1n) is 5.75. The minimum atomic E-state index is 0.326. The summed E-state index contributed by atoms with van der Waals surface area (Å²) in [7, 11) is 0. The van der Waals surface area contributed by atoms with Crippen LogP contribution in [0.25, 0.3) is 0 Å². The van der Waals surface area contributed by atoms with E-state index in [4.69, 9.17) is 11.0 Å². The average Bonchev–Trinajstić information content (AvgIpc) is 2.30. The smallest absolute Gasteiger partial charge is 0.0991 e. The molecule has 0 bridgehead atoms. The first kappa shape index (κ1) is 11.1. The zero-order valence-electron chi connectivity index (χ0n) is 9.39. The van der Waals surface area contributed by atoms with Gasteiger partial charge in [0.1, 0.15) is 0 Å². The monoisotopic (exact) mass is 215 g/mol. The van der Waals surface area contributed by atoms with Crippen molar-refractivity contribution in [1.29, 1.82) is 5.26 Å². The van der Waals surface area contributed by atoms with Crippen LogP contribution in [0.2, 0.25) is 0 Å². The maximum atomic E-state index is 8.71. The molecule has 2 N–H and O–H groups in total. The van der Waals surface area contributed by atoms with E-state index in [1.54, 1.807) is 0 Å². The number of benzene rings is 1. The number of nitrogens with zero attached hydrogens (tertiary/aromatic N) is 2. The molecule has 1 saturated heterocycles. The van der Waals surface area contributed by atoms with Crippen LogP contribution in [-0.2, 0) is 6.54 Å². The molecule has 0 amide bonds. The van der Waals surface area contributed by atoms with Crippen LogP contribution in [0.4, 0.5) is 0 Å². The van der Waals surface area contributed by atoms with Crippen molar-refractivity contribution >= 4 is 0 Å². The van der Waals surface area contributed by atoms with Gasteiger partial charge in [-0.3, -0.25) is 4.90 Å². The molecule has 1 heterocycles. The third-order valence-corrected chi connectivity index (χ3v) is 3.03. The van der Waals surface area contributed by atoms with Gasteiger partial charge < -0.3 is 5.73 Å². The van der Waals surface area contributed by atoms with Crippen molar-refractivity contribution in [3.8, 4) is 6.07 Å². The van der Waals surface area contributed by atoms with Gasteiger partial charge in [0.15, 0.2) is 0 Å². The fraction of sp³-hybridized carbons (Fsp3) is 0.462. The molecule has 1 aromatic rings. The molecule has 3 heteroatoms. The quantitative estimate of drug-likeness (QED) is 0.813. The number of likely N-dealkylation sites (tertiary alicyclic amines) is 1. The number of piperidine rings is 1. The minimum absolute atomic E-state index is 0.326. The van der Waals surface area contributed by atoms with Crippen LogP contribution in [0, 0.1) is 11.3 Å². The topological polar surface area (TPSA) is 53.0 Å². The highest BCUT2D eigenvalue weighted by atomic mass is 15.1. The van der Waals surface area contributed by atoms with E-state index in [-0.39, 0.29) is 0 Å². The standard InChI is InChI=1S/C13H17N3/c14-8-11-3-5-12(6-4-11)9-16-7-1-2-13(15)10-16/h3-6,13H,1-2,7,9-10,15H2/t13-/m1/s1. The Morgan fingerprint density at radius 1 is 1.38 bits per heavy atom. The van der Waals surface area contributed by atoms with Gasteiger partial charge in [0, 0.05) is 19.1 Å². The van der Waals surface area contributed by atoms with Crippen LogP contribution in [0.1, 0.15) is 24.0 Å². The van der Waals surface area contributed by atoms with Crippen molar-refractivity contribution < 1.29 is 0 Å². The van der Waals surface area contributed by atoms with Gasteiger partial charge >= 0.3 is 0 Å². The van der Waals surface area contributed by atoms with Crippen molar-refractivity contribution in [2.45, 2.75) is 25.4 Å². The van der Waals surface area contributed by atoms with Gasteiger partial charge in [0.2, 0.25) is 0 Å². The molecule has 1 fully saturated rings. The third kappa shape index (κ3) is 2.82. The number of nitrogens with two attached hydrogens (primary N) is 1. The van der Waals surface area contributed by atoms with E-state index in [1.165, 1.54) is 12.0 Å². The highest BCUT2D eigenvalue weighted by molar-refractivity contribution is 5.31. The SMILES string of the molecule is N#Cc1ccc(CN2CCC[C@@H](N)C2)cc1. The Kier molecular flexibility index (Phi) is 3.55. The first-order valence-corrected chi connectivity index (χ1v) is 5.75. The van der Waals surface area contributed by atoms with Gasteiger partial charge in [0.25, 0.3) is 0 Å². The van der Waals surface area contributed by atoms with E-state index in [0.29, 0.717) is 6.04 Å². The normalized spacial score (nSPS) is 21.6. The second-order valence-corrected chi connectivity index (χ2v) is 4.45. The van der Waals surface area contributed by atoms with Crippen LogP contribution in [0.3, 0.4) is 0 Å². The van der Waals surface area contributed by atoms with Crippen molar-refractivity contribution in [2.24, 2.45) is 5.73 Å². The minimum Gasteiger partial charge on any atom is -0.327 e. The predicted octanol–water partition coefficient (Wildman–Crippen LogP) is 1.48. The maximum Gasteiger partial charge on any atom is 0.0991 e. The van der Waals surface area contributed by atoms with Gasteiger partial charge in [-0.15, -0.1) is 0 Å². The Hall–Kier alpha value is -1.37. The number of hydrogen-bond acceptors (Lipinski definition) is 3. The summed E-state index contributed by atoms with van der Waals surface area (Å²) in [4.78, 5) is 2.38. The van der Waals surface area contributed by atoms with Crippen molar-refractivity contribution in [1.82, 2.24) is 4.90 Å². The van der Waals surface area contributed by atoms with Crippen molar-refractivity contribution in [3.05, 3.63) is 35.4 Å². The van der Waals surface area contributed by atoms with Gasteiger partial charge in [-0.05, 0) is 37.1 Å². The fourth-order valence-electron chi connectivity index (χ4n) is 2.18. The van der Waals surface area contributed by atoms with Gasteiger partial charge in [-0.2, -0.15) is 5.26 Å². The Labute approximate surface area is 96.5 Å². The highest BCUT2D eigenvalue weighted by Gasteiger charge is 2.16. The van der Waals surface area contributed by atoms with Crippen LogP contribution < -0.4 is 5.73 Å². The lowest BCUT2D eigenvalue weighted by Gasteiger charge is -2.30. The molecule has 0 unspecified atom stereocenters. The summed E-state index contributed by atoms with van der Waals surface area (Å²) in [5, 5.41) is 8.71. The third-order valence-electron chi connectivity index (χ3n) is 3.03. The van der Waals surface area contributed by atoms with E-state index in [9.17, 15) is 0 Å². The summed E-state index contributed by atoms with van der Waals surface area (Å²) in [6.45, 7) is 3.06. The molecule has 1 atom stereocenters. The van der Waals surface area contributed by atoms with Crippen LogP contribution >= 0.6 is 0 Å². The largest absolute Gasteiger partial charge is 0.327 e. The Morgan fingerprint density at radius 3 is 2.75 bits per heavy atom. The Balaban J connectivity index is 1.95. The maximum absolute atomic E-state index is 8.71. The molecule has 3 nitrogen and oxygen atoms in total. The molecular weight excluding hydrogens is 198 g/mol. The van der Waals surface area contributed by atoms with Gasteiger partial charge in [0.05, 0.1) is 11.6 Å². The molecule has 0 spiro atoms. The molecule has 1 aromatic carbocycles. The number of nitriles is 1. The van der Waals surface area contributed by atoms with E-state index < -0.39 is 0 Å². The second kappa shape index (κ2) is 5.11. The lowest BCUT2D eigenvalue weighted by atomic mass is 10.1. The van der Waals surface area contributed by atoms with Crippen molar-refractivity contribution in [3.63, 3.8) is 0 Å². The summed E-state index contributed by atoms with van der Waals surface area (Å²) in [6, 6.07) is 10.3. The Bertz CT molecular complexity index is 377. The van der Waals surface area contributed by atoms with E-state index in [2.05, 4.69) is 11.0 Å². The molecule has 16 heavy (non-hydrogen) atoms. The van der Waals surface area contributed by atoms with Gasteiger partial charge in [-0.1, -0.05) is 12.1 Å². The highest BCUT2D eigenvalue weighted by Crippen LogP contribution is 2.13. The van der Waals surface area contributed by atoms with Crippen molar-refractivity contribution in [2.75, 3.05) is 13.1 Å². The predicted molar refractivity (Wildman–Crippen MR) is 63.6 cm³/mol. The molecule has 0 aliphatic carbocycles. The van der Waals surface area contributed by atoms with E-state index >= 15 is 0 Å². The zero-order chi connectivity index (χ0) is 11.4. The Morgan fingerprint density at radius 2 is 2.12 bits per heavy atom. The summed E-state index contributed by atoms with van der Waals surface area (Å²) < 4.78 is 0.